The first-order valence-electron chi connectivity index (χ1n) is 10.8. The fourth-order valence-corrected chi connectivity index (χ4v) is 4.71. The predicted octanol–water partition coefficient (Wildman–Crippen LogP) is 4.86. The summed E-state index contributed by atoms with van der Waals surface area (Å²) in [6.45, 7) is 3.80. The van der Waals surface area contributed by atoms with Crippen LogP contribution in [0.2, 0.25) is 0 Å². The van der Waals surface area contributed by atoms with Crippen molar-refractivity contribution in [2.24, 2.45) is 0 Å². The molecular weight excluding hydrogens is 432 g/mol. The monoisotopic (exact) mass is 454 g/mol. The van der Waals surface area contributed by atoms with E-state index in [2.05, 4.69) is 48.1 Å². The van der Waals surface area contributed by atoms with Crippen LogP contribution in [-0.4, -0.2) is 31.5 Å². The van der Waals surface area contributed by atoms with E-state index in [9.17, 15) is 4.79 Å². The fraction of sp³-hybridized carbons (Fsp3) is 0.240. The van der Waals surface area contributed by atoms with Crippen molar-refractivity contribution in [3.63, 3.8) is 0 Å². The highest BCUT2D eigenvalue weighted by Gasteiger charge is 2.21. The van der Waals surface area contributed by atoms with Crippen molar-refractivity contribution in [2.45, 2.75) is 39.0 Å². The Morgan fingerprint density at radius 3 is 2.67 bits per heavy atom. The summed E-state index contributed by atoms with van der Waals surface area (Å²) in [7, 11) is 0. The van der Waals surface area contributed by atoms with Crippen molar-refractivity contribution in [2.75, 3.05) is 5.32 Å². The molecule has 0 bridgehead atoms. The Morgan fingerprint density at radius 2 is 1.97 bits per heavy atom. The van der Waals surface area contributed by atoms with E-state index in [0.717, 1.165) is 27.3 Å². The first-order valence-corrected chi connectivity index (χ1v) is 11.7. The van der Waals surface area contributed by atoms with Crippen LogP contribution in [0.1, 0.15) is 62.9 Å². The van der Waals surface area contributed by atoms with E-state index in [1.54, 1.807) is 11.3 Å². The van der Waals surface area contributed by atoms with Crippen molar-refractivity contribution in [1.82, 2.24) is 25.6 Å². The molecule has 1 saturated carbocycles. The summed E-state index contributed by atoms with van der Waals surface area (Å²) in [6.07, 6.45) is 3.76. The number of rotatable bonds is 4. The largest absolute Gasteiger partial charge is 0.322 e. The summed E-state index contributed by atoms with van der Waals surface area (Å²) >= 11 is 1.59. The molecule has 1 aliphatic rings. The maximum Gasteiger partial charge on any atom is 0.256 e. The van der Waals surface area contributed by atoms with Gasteiger partial charge in [0.05, 0.1) is 5.69 Å². The Hall–Kier alpha value is -3.83. The lowest BCUT2D eigenvalue weighted by molar-refractivity contribution is 0.102. The first kappa shape index (κ1) is 21.0. The second-order valence-corrected chi connectivity index (χ2v) is 9.07. The van der Waals surface area contributed by atoms with Gasteiger partial charge in [0, 0.05) is 33.7 Å². The van der Waals surface area contributed by atoms with E-state index >= 15 is 0 Å². The zero-order valence-electron chi connectivity index (χ0n) is 18.3. The first-order chi connectivity index (χ1) is 16.1. The zero-order chi connectivity index (χ0) is 22.8. The average Bonchev–Trinajstić information content (AvgIpc) is 3.43. The number of amides is 1. The van der Waals surface area contributed by atoms with Crippen molar-refractivity contribution in [1.29, 1.82) is 0 Å². The summed E-state index contributed by atoms with van der Waals surface area (Å²) in [5.74, 6) is 7.28. The number of aromatic nitrogens is 5. The molecule has 1 fully saturated rings. The zero-order valence-corrected chi connectivity index (χ0v) is 19.2. The Kier molecular flexibility index (Phi) is 5.71. The van der Waals surface area contributed by atoms with E-state index < -0.39 is 0 Å². The normalized spacial score (nSPS) is 13.2. The highest BCUT2D eigenvalue weighted by Crippen LogP contribution is 2.36. The summed E-state index contributed by atoms with van der Waals surface area (Å²) in [5, 5.41) is 20.0. The maximum atomic E-state index is 13.0. The Labute approximate surface area is 195 Å². The minimum atomic E-state index is -0.167. The topological polar surface area (TPSA) is 96.5 Å². The second kappa shape index (κ2) is 8.96. The quantitative estimate of drug-likeness (QED) is 0.429. The lowest BCUT2D eigenvalue weighted by Gasteiger charge is -2.22. The SMILES string of the molecule is Cc1cc(-c2nn[nH]n2)cc(C)c1C(=O)Nc1cccc(C#Cc2nc(C3CCC3)cs2)c1. The van der Waals surface area contributed by atoms with Gasteiger partial charge in [-0.2, -0.15) is 5.21 Å². The summed E-state index contributed by atoms with van der Waals surface area (Å²) in [4.78, 5) is 17.7. The number of nitrogens with one attached hydrogen (secondary N) is 2. The number of hydrogen-bond donors (Lipinski definition) is 2. The Balaban J connectivity index is 1.32. The van der Waals surface area contributed by atoms with Gasteiger partial charge in [-0.3, -0.25) is 4.79 Å². The average molecular weight is 455 g/mol. The van der Waals surface area contributed by atoms with Gasteiger partial charge in [0.25, 0.3) is 5.91 Å². The van der Waals surface area contributed by atoms with E-state index in [1.807, 2.05) is 50.2 Å². The minimum absolute atomic E-state index is 0.167. The highest BCUT2D eigenvalue weighted by molar-refractivity contribution is 7.10. The summed E-state index contributed by atoms with van der Waals surface area (Å²) in [6, 6.07) is 11.3. The third-order valence-corrected chi connectivity index (χ3v) is 6.62. The molecule has 2 aromatic carbocycles. The number of carbonyl (C=O) groups excluding carboxylic acids is 1. The van der Waals surface area contributed by atoms with Gasteiger partial charge in [-0.1, -0.05) is 18.4 Å². The molecule has 0 spiro atoms. The molecule has 0 unspecified atom stereocenters. The lowest BCUT2D eigenvalue weighted by atomic mass is 9.83. The van der Waals surface area contributed by atoms with Gasteiger partial charge >= 0.3 is 0 Å². The minimum Gasteiger partial charge on any atom is -0.322 e. The van der Waals surface area contributed by atoms with Gasteiger partial charge in [-0.15, -0.1) is 21.5 Å². The van der Waals surface area contributed by atoms with Crippen LogP contribution in [0.25, 0.3) is 11.4 Å². The molecule has 2 aromatic heterocycles. The van der Waals surface area contributed by atoms with Crippen LogP contribution >= 0.6 is 11.3 Å². The number of H-pyrrole nitrogens is 1. The lowest BCUT2D eigenvalue weighted by Crippen LogP contribution is -2.15. The molecule has 164 valence electrons. The third kappa shape index (κ3) is 4.54. The van der Waals surface area contributed by atoms with Crippen LogP contribution < -0.4 is 5.32 Å². The third-order valence-electron chi connectivity index (χ3n) is 5.84. The van der Waals surface area contributed by atoms with Crippen molar-refractivity contribution in [3.8, 4) is 23.2 Å². The Bertz CT molecular complexity index is 1350. The van der Waals surface area contributed by atoms with Crippen LogP contribution in [-0.2, 0) is 0 Å². The molecular formula is C25H22N6OS. The molecule has 5 rings (SSSR count). The van der Waals surface area contributed by atoms with Crippen LogP contribution in [0.4, 0.5) is 5.69 Å². The molecule has 7 nitrogen and oxygen atoms in total. The van der Waals surface area contributed by atoms with Gasteiger partial charge in [-0.25, -0.2) is 4.98 Å². The maximum absolute atomic E-state index is 13.0. The van der Waals surface area contributed by atoms with Crippen molar-refractivity contribution in [3.05, 3.63) is 74.7 Å². The molecule has 33 heavy (non-hydrogen) atoms. The molecule has 2 N–H and O–H groups in total. The van der Waals surface area contributed by atoms with Crippen LogP contribution in [0.3, 0.4) is 0 Å². The smallest absolute Gasteiger partial charge is 0.256 e. The molecule has 1 amide bonds. The number of benzene rings is 2. The Morgan fingerprint density at radius 1 is 1.15 bits per heavy atom. The van der Waals surface area contributed by atoms with Crippen LogP contribution in [0, 0.1) is 25.7 Å². The molecule has 0 atom stereocenters. The highest BCUT2D eigenvalue weighted by atomic mass is 32.1. The molecule has 1 aliphatic carbocycles. The van der Waals surface area contributed by atoms with Gasteiger partial charge < -0.3 is 5.32 Å². The van der Waals surface area contributed by atoms with Gasteiger partial charge in [0.15, 0.2) is 5.01 Å². The van der Waals surface area contributed by atoms with Crippen LogP contribution in [0.5, 0.6) is 0 Å². The van der Waals surface area contributed by atoms with Gasteiger partial charge in [-0.05, 0) is 79.3 Å². The molecule has 0 radical (unpaired) electrons. The van der Waals surface area contributed by atoms with Crippen molar-refractivity contribution < 1.29 is 4.79 Å². The van der Waals surface area contributed by atoms with E-state index in [-0.39, 0.29) is 5.91 Å². The predicted molar refractivity (Wildman–Crippen MR) is 128 cm³/mol. The number of anilines is 1. The van der Waals surface area contributed by atoms with E-state index in [4.69, 9.17) is 0 Å². The number of aromatic amines is 1. The number of nitrogens with zero attached hydrogens (tertiary/aromatic N) is 4. The molecule has 4 aromatic rings. The van der Waals surface area contributed by atoms with E-state index in [1.165, 1.54) is 25.0 Å². The number of hydrogen-bond acceptors (Lipinski definition) is 6. The second-order valence-electron chi connectivity index (χ2n) is 8.21. The van der Waals surface area contributed by atoms with E-state index in [0.29, 0.717) is 23.0 Å². The number of thiazole rings is 1. The van der Waals surface area contributed by atoms with Crippen LogP contribution in [0.15, 0.2) is 41.8 Å². The number of tetrazole rings is 1. The fourth-order valence-electron chi connectivity index (χ4n) is 3.96. The molecule has 0 aliphatic heterocycles. The standard InChI is InChI=1S/C25H22N6OS/c1-15-11-19(24-28-30-31-29-24)12-16(2)23(15)25(32)26-20-8-3-5-17(13-20)9-10-22-27-21(14-33-22)18-6-4-7-18/h3,5,8,11-14,18H,4,6-7H2,1-2H3,(H,26,32)(H,28,29,30,31). The molecule has 2 heterocycles. The summed E-state index contributed by atoms with van der Waals surface area (Å²) in [5.41, 5.74) is 5.83. The molecule has 0 saturated heterocycles. The van der Waals surface area contributed by atoms with Gasteiger partial charge in [0.2, 0.25) is 5.82 Å². The van der Waals surface area contributed by atoms with Gasteiger partial charge in [0.1, 0.15) is 0 Å². The molecule has 8 heteroatoms. The number of aryl methyl sites for hydroxylation is 2. The van der Waals surface area contributed by atoms with Crippen molar-refractivity contribution >= 4 is 22.9 Å². The summed E-state index contributed by atoms with van der Waals surface area (Å²) < 4.78 is 0. The number of carbonyl (C=O) groups is 1.